The van der Waals surface area contributed by atoms with E-state index in [0.717, 1.165) is 36.8 Å². The number of ether oxygens (including phenoxy) is 2. The summed E-state index contributed by atoms with van der Waals surface area (Å²) >= 11 is 0. The summed E-state index contributed by atoms with van der Waals surface area (Å²) in [6, 6.07) is 13.1. The lowest BCUT2D eigenvalue weighted by Gasteiger charge is -2.44. The van der Waals surface area contributed by atoms with Gasteiger partial charge >= 0.3 is 5.97 Å². The van der Waals surface area contributed by atoms with Crippen LogP contribution in [0.4, 0.5) is 4.39 Å². The summed E-state index contributed by atoms with van der Waals surface area (Å²) < 4.78 is 24.1. The molecule has 156 valence electrons. The van der Waals surface area contributed by atoms with Crippen molar-refractivity contribution in [1.29, 1.82) is 0 Å². The lowest BCUT2D eigenvalue weighted by atomic mass is 9.89. The van der Waals surface area contributed by atoms with E-state index in [1.807, 2.05) is 4.90 Å². The van der Waals surface area contributed by atoms with E-state index in [0.29, 0.717) is 17.9 Å². The minimum absolute atomic E-state index is 0.0233. The van der Waals surface area contributed by atoms with Gasteiger partial charge in [0.25, 0.3) is 5.91 Å². The fourth-order valence-electron chi connectivity index (χ4n) is 4.13. The van der Waals surface area contributed by atoms with Crippen molar-refractivity contribution in [3.8, 4) is 0 Å². The number of hydrogen-bond donors (Lipinski definition) is 0. The van der Waals surface area contributed by atoms with E-state index in [4.69, 9.17) is 9.47 Å². The van der Waals surface area contributed by atoms with Crippen LogP contribution in [-0.4, -0.2) is 36.0 Å². The van der Waals surface area contributed by atoms with Crippen LogP contribution < -0.4 is 0 Å². The van der Waals surface area contributed by atoms with E-state index >= 15 is 0 Å². The predicted octanol–water partition coefficient (Wildman–Crippen LogP) is 4.32. The molecule has 0 spiro atoms. The molecule has 2 atom stereocenters. The molecule has 30 heavy (non-hydrogen) atoms. The van der Waals surface area contributed by atoms with Crippen molar-refractivity contribution in [3.63, 3.8) is 0 Å². The molecule has 4 rings (SSSR count). The minimum atomic E-state index is -0.408. The molecule has 1 aliphatic heterocycles. The average molecular weight is 409 g/mol. The van der Waals surface area contributed by atoms with Gasteiger partial charge in [-0.3, -0.25) is 4.79 Å². The van der Waals surface area contributed by atoms with Gasteiger partial charge in [-0.25, -0.2) is 9.18 Å². The van der Waals surface area contributed by atoms with Crippen LogP contribution in [0.25, 0.3) is 6.08 Å². The molecule has 0 N–H and O–H groups in total. The van der Waals surface area contributed by atoms with Gasteiger partial charge in [0.05, 0.1) is 18.7 Å². The molecule has 2 aromatic rings. The molecule has 0 radical (unpaired) electrons. The molecule has 2 aromatic carbocycles. The lowest BCUT2D eigenvalue weighted by molar-refractivity contribution is -0.149. The molecule has 0 aromatic heterocycles. The highest BCUT2D eigenvalue weighted by atomic mass is 19.1. The summed E-state index contributed by atoms with van der Waals surface area (Å²) in [4.78, 5) is 26.7. The van der Waals surface area contributed by atoms with E-state index in [9.17, 15) is 14.0 Å². The number of halogens is 1. The van der Waals surface area contributed by atoms with Crippen molar-refractivity contribution in [2.75, 3.05) is 7.11 Å². The molecule has 1 saturated heterocycles. The van der Waals surface area contributed by atoms with Gasteiger partial charge in [-0.1, -0.05) is 30.7 Å². The standard InChI is InChI=1S/C24H24FNO4/c1-29-24(28)18-10-6-16(7-11-18)14-22-23(27)26(15-17-8-12-19(25)13-9-17)20-4-2-3-5-21(20)30-22/h6-14,20-21H,2-5,15H2,1H3/b22-14+. The Balaban J connectivity index is 1.60. The van der Waals surface area contributed by atoms with Crippen LogP contribution in [0.3, 0.4) is 0 Å². The molecule has 1 saturated carbocycles. The summed E-state index contributed by atoms with van der Waals surface area (Å²) in [5.41, 5.74) is 2.10. The van der Waals surface area contributed by atoms with Crippen LogP contribution in [0.2, 0.25) is 0 Å². The van der Waals surface area contributed by atoms with Crippen LogP contribution in [0.15, 0.2) is 54.3 Å². The van der Waals surface area contributed by atoms with Gasteiger partial charge in [0.15, 0.2) is 5.76 Å². The van der Waals surface area contributed by atoms with Gasteiger partial charge < -0.3 is 14.4 Å². The number of nitrogens with zero attached hydrogens (tertiary/aromatic N) is 1. The smallest absolute Gasteiger partial charge is 0.337 e. The minimum Gasteiger partial charge on any atom is -0.482 e. The Labute approximate surface area is 175 Å². The Morgan fingerprint density at radius 2 is 1.83 bits per heavy atom. The fraction of sp³-hybridized carbons (Fsp3) is 0.333. The zero-order valence-electron chi connectivity index (χ0n) is 16.8. The second kappa shape index (κ2) is 8.69. The Bertz CT molecular complexity index is 952. The van der Waals surface area contributed by atoms with Crippen molar-refractivity contribution in [3.05, 3.63) is 76.8 Å². The van der Waals surface area contributed by atoms with Crippen LogP contribution in [0.1, 0.15) is 47.2 Å². The zero-order chi connectivity index (χ0) is 21.1. The highest BCUT2D eigenvalue weighted by molar-refractivity contribution is 5.97. The molecule has 5 nitrogen and oxygen atoms in total. The van der Waals surface area contributed by atoms with E-state index < -0.39 is 5.97 Å². The quantitative estimate of drug-likeness (QED) is 0.557. The number of hydrogen-bond acceptors (Lipinski definition) is 4. The molecule has 1 aliphatic carbocycles. The van der Waals surface area contributed by atoms with Crippen LogP contribution in [-0.2, 0) is 20.8 Å². The van der Waals surface area contributed by atoms with Crippen LogP contribution in [0.5, 0.6) is 0 Å². The molecular formula is C24H24FNO4. The van der Waals surface area contributed by atoms with E-state index in [1.54, 1.807) is 42.5 Å². The topological polar surface area (TPSA) is 55.8 Å². The second-order valence-electron chi connectivity index (χ2n) is 7.69. The number of amides is 1. The molecule has 6 heteroatoms. The van der Waals surface area contributed by atoms with Crippen molar-refractivity contribution in [1.82, 2.24) is 4.90 Å². The number of morpholine rings is 1. The molecule has 1 heterocycles. The zero-order valence-corrected chi connectivity index (χ0v) is 16.8. The van der Waals surface area contributed by atoms with Crippen molar-refractivity contribution in [2.45, 2.75) is 44.4 Å². The van der Waals surface area contributed by atoms with Gasteiger partial charge in [-0.05, 0) is 60.7 Å². The summed E-state index contributed by atoms with van der Waals surface area (Å²) in [5.74, 6) is -0.570. The van der Waals surface area contributed by atoms with Gasteiger partial charge in [-0.15, -0.1) is 0 Å². The predicted molar refractivity (Wildman–Crippen MR) is 110 cm³/mol. The number of fused-ring (bicyclic) bond motifs is 1. The maximum absolute atomic E-state index is 13.3. The number of methoxy groups -OCH3 is 1. The van der Waals surface area contributed by atoms with Crippen LogP contribution in [0, 0.1) is 5.82 Å². The van der Waals surface area contributed by atoms with Crippen LogP contribution >= 0.6 is 0 Å². The Morgan fingerprint density at radius 3 is 2.53 bits per heavy atom. The first kappa shape index (κ1) is 20.1. The third kappa shape index (κ3) is 4.22. The number of benzene rings is 2. The van der Waals surface area contributed by atoms with Gasteiger partial charge in [0.1, 0.15) is 11.9 Å². The molecule has 2 fully saturated rings. The molecule has 1 amide bonds. The Hall–Kier alpha value is -3.15. The van der Waals surface area contributed by atoms with E-state index in [1.165, 1.54) is 19.2 Å². The number of carbonyl (C=O) groups excluding carboxylic acids is 2. The first-order valence-corrected chi connectivity index (χ1v) is 10.2. The Morgan fingerprint density at radius 1 is 1.13 bits per heavy atom. The van der Waals surface area contributed by atoms with Gasteiger partial charge in [0.2, 0.25) is 0 Å². The second-order valence-corrected chi connectivity index (χ2v) is 7.69. The van der Waals surface area contributed by atoms with Gasteiger partial charge in [0, 0.05) is 6.54 Å². The lowest BCUT2D eigenvalue weighted by Crippen LogP contribution is -2.54. The molecule has 2 aliphatic rings. The summed E-state index contributed by atoms with van der Waals surface area (Å²) in [7, 11) is 1.34. The number of carbonyl (C=O) groups is 2. The first-order chi connectivity index (χ1) is 14.5. The van der Waals surface area contributed by atoms with E-state index in [-0.39, 0.29) is 23.9 Å². The summed E-state index contributed by atoms with van der Waals surface area (Å²) in [6.07, 6.45) is 5.60. The Kier molecular flexibility index (Phi) is 5.84. The third-order valence-corrected chi connectivity index (χ3v) is 5.71. The largest absolute Gasteiger partial charge is 0.482 e. The summed E-state index contributed by atoms with van der Waals surface area (Å²) in [6.45, 7) is 0.419. The number of rotatable bonds is 4. The monoisotopic (exact) mass is 409 g/mol. The highest BCUT2D eigenvalue weighted by Gasteiger charge is 2.41. The van der Waals surface area contributed by atoms with Gasteiger partial charge in [-0.2, -0.15) is 0 Å². The molecule has 0 bridgehead atoms. The van der Waals surface area contributed by atoms with Crippen molar-refractivity contribution >= 4 is 18.0 Å². The third-order valence-electron chi connectivity index (χ3n) is 5.71. The first-order valence-electron chi connectivity index (χ1n) is 10.2. The molecular weight excluding hydrogens is 385 g/mol. The average Bonchev–Trinajstić information content (AvgIpc) is 2.78. The fourth-order valence-corrected chi connectivity index (χ4v) is 4.13. The summed E-state index contributed by atoms with van der Waals surface area (Å²) in [5, 5.41) is 0. The maximum Gasteiger partial charge on any atom is 0.337 e. The SMILES string of the molecule is COC(=O)c1ccc(/C=C2/OC3CCCCC3N(Cc3ccc(F)cc3)C2=O)cc1. The highest BCUT2D eigenvalue weighted by Crippen LogP contribution is 2.34. The number of esters is 1. The maximum atomic E-state index is 13.3. The van der Waals surface area contributed by atoms with E-state index in [2.05, 4.69) is 0 Å². The molecule has 2 unspecified atom stereocenters. The van der Waals surface area contributed by atoms with Crippen molar-refractivity contribution < 1.29 is 23.5 Å². The van der Waals surface area contributed by atoms with Crippen molar-refractivity contribution in [2.24, 2.45) is 0 Å². The normalized spacial score (nSPS) is 22.4.